The van der Waals surface area contributed by atoms with Gasteiger partial charge in [0.2, 0.25) is 5.12 Å². The highest BCUT2D eigenvalue weighted by molar-refractivity contribution is 7.96. The number of carbonyl (C=O) groups excluding carboxylic acids is 2. The Morgan fingerprint density at radius 2 is 2.09 bits per heavy atom. The van der Waals surface area contributed by atoms with E-state index in [1.54, 1.807) is 0 Å². The van der Waals surface area contributed by atoms with Gasteiger partial charge >= 0.3 is 5.97 Å². The third kappa shape index (κ3) is 3.90. The van der Waals surface area contributed by atoms with Gasteiger partial charge in [-0.2, -0.15) is 0 Å². The molecular weight excluding hydrogens is 300 g/mol. The number of nitrogens with one attached hydrogen (secondary N) is 1. The average molecular weight is 320 g/mol. The molecule has 6 heteroatoms. The summed E-state index contributed by atoms with van der Waals surface area (Å²) in [5.41, 5.74) is 7.86. The fourth-order valence-electron chi connectivity index (χ4n) is 2.34. The number of rotatable bonds is 7. The van der Waals surface area contributed by atoms with E-state index in [9.17, 15) is 9.59 Å². The van der Waals surface area contributed by atoms with Crippen molar-refractivity contribution in [3.8, 4) is 0 Å². The van der Waals surface area contributed by atoms with Crippen LogP contribution in [0.3, 0.4) is 0 Å². The van der Waals surface area contributed by atoms with Crippen molar-refractivity contribution < 1.29 is 14.3 Å². The minimum Gasteiger partial charge on any atom is -0.452 e. The van der Waals surface area contributed by atoms with E-state index in [1.165, 1.54) is 0 Å². The summed E-state index contributed by atoms with van der Waals surface area (Å²) < 4.78 is 5.17. The Morgan fingerprint density at radius 1 is 1.36 bits per heavy atom. The molecule has 0 aliphatic heterocycles. The lowest BCUT2D eigenvalue weighted by Gasteiger charge is -2.17. The number of hydrogen-bond donors (Lipinski definition) is 3. The van der Waals surface area contributed by atoms with Gasteiger partial charge in [-0.1, -0.05) is 31.5 Å². The fourth-order valence-corrected chi connectivity index (χ4v) is 2.53. The van der Waals surface area contributed by atoms with Gasteiger partial charge in [0.05, 0.1) is 0 Å². The van der Waals surface area contributed by atoms with Crippen LogP contribution in [0.1, 0.15) is 25.3 Å². The molecule has 5 nitrogen and oxygen atoms in total. The van der Waals surface area contributed by atoms with Gasteiger partial charge in [0.1, 0.15) is 6.04 Å². The predicted molar refractivity (Wildman–Crippen MR) is 88.8 cm³/mol. The van der Waals surface area contributed by atoms with E-state index < -0.39 is 23.2 Å². The van der Waals surface area contributed by atoms with Crippen molar-refractivity contribution in [1.82, 2.24) is 4.98 Å². The Morgan fingerprint density at radius 3 is 2.77 bits per heavy atom. The van der Waals surface area contributed by atoms with E-state index in [-0.39, 0.29) is 0 Å². The number of H-pyrrole nitrogens is 1. The highest BCUT2D eigenvalue weighted by atomic mass is 32.1. The Labute approximate surface area is 134 Å². The maximum atomic E-state index is 12.1. The molecule has 0 bridgehead atoms. The number of nitrogens with two attached hydrogens (primary N) is 1. The first-order valence-electron chi connectivity index (χ1n) is 7.26. The Hall–Kier alpha value is -1.79. The quantitative estimate of drug-likeness (QED) is 0.539. The molecule has 1 aromatic carbocycles. The molecule has 0 aliphatic rings. The maximum absolute atomic E-state index is 12.1. The average Bonchev–Trinajstić information content (AvgIpc) is 2.90. The summed E-state index contributed by atoms with van der Waals surface area (Å²) in [5, 5.41) is 0.579. The summed E-state index contributed by atoms with van der Waals surface area (Å²) >= 11 is 3.75. The second-order valence-corrected chi connectivity index (χ2v) is 5.66. The summed E-state index contributed by atoms with van der Waals surface area (Å²) in [6.07, 6.45) is 2.54. The molecule has 1 heterocycles. The van der Waals surface area contributed by atoms with Gasteiger partial charge in [-0.05, 0) is 18.1 Å². The van der Waals surface area contributed by atoms with Crippen LogP contribution < -0.4 is 5.73 Å². The molecule has 2 aromatic rings. The second kappa shape index (κ2) is 7.47. The first-order chi connectivity index (χ1) is 10.5. The summed E-state index contributed by atoms with van der Waals surface area (Å²) in [5.74, 6) is -0.578. The number of fused-ring (bicyclic) bond motifs is 1. The molecule has 22 heavy (non-hydrogen) atoms. The smallest absolute Gasteiger partial charge is 0.324 e. The van der Waals surface area contributed by atoms with Gasteiger partial charge in [-0.3, -0.25) is 9.59 Å². The van der Waals surface area contributed by atoms with Gasteiger partial charge in [-0.25, -0.2) is 0 Å². The van der Waals surface area contributed by atoms with Crippen molar-refractivity contribution in [2.45, 2.75) is 38.3 Å². The highest BCUT2D eigenvalue weighted by Gasteiger charge is 2.24. The first-order valence-corrected chi connectivity index (χ1v) is 7.71. The van der Waals surface area contributed by atoms with Crippen molar-refractivity contribution in [1.29, 1.82) is 0 Å². The minimum atomic E-state index is -0.824. The monoisotopic (exact) mass is 320 g/mol. The standard InChI is InChI=1S/C16H20N2O3S/c1-2-5-14(16(20)22)21-15(19)12(17)8-10-9-18-13-7-4-3-6-11(10)13/h3-4,6-7,9,12,14,18H,2,5,8,17H2,1H3,(H,20,22)/t12-,14?/m0/s1. The van der Waals surface area contributed by atoms with Crippen molar-refractivity contribution in [2.24, 2.45) is 5.73 Å². The van der Waals surface area contributed by atoms with Gasteiger partial charge in [0.15, 0.2) is 6.10 Å². The van der Waals surface area contributed by atoms with E-state index >= 15 is 0 Å². The van der Waals surface area contributed by atoms with Crippen molar-refractivity contribution in [3.05, 3.63) is 36.0 Å². The van der Waals surface area contributed by atoms with E-state index in [2.05, 4.69) is 17.6 Å². The molecule has 1 aromatic heterocycles. The van der Waals surface area contributed by atoms with Crippen LogP contribution in [0.15, 0.2) is 30.5 Å². The summed E-state index contributed by atoms with van der Waals surface area (Å²) in [4.78, 5) is 26.5. The molecule has 2 atom stereocenters. The number of para-hydroxylation sites is 1. The van der Waals surface area contributed by atoms with E-state index in [0.717, 1.165) is 22.9 Å². The van der Waals surface area contributed by atoms with Crippen LogP contribution in [0, 0.1) is 0 Å². The molecule has 0 saturated heterocycles. The third-order valence-electron chi connectivity index (χ3n) is 3.50. The van der Waals surface area contributed by atoms with Gasteiger partial charge < -0.3 is 15.5 Å². The zero-order chi connectivity index (χ0) is 16.1. The molecular formula is C16H20N2O3S. The third-order valence-corrected chi connectivity index (χ3v) is 3.79. The molecule has 1 unspecified atom stereocenters. The fraction of sp³-hybridized carbons (Fsp3) is 0.375. The molecule has 118 valence electrons. The van der Waals surface area contributed by atoms with Crippen molar-refractivity contribution >= 4 is 34.6 Å². The molecule has 0 saturated carbocycles. The number of hydrogen-bond acceptors (Lipinski definition) is 4. The van der Waals surface area contributed by atoms with Crippen LogP contribution in [-0.2, 0) is 20.7 Å². The molecule has 0 amide bonds. The number of esters is 1. The van der Waals surface area contributed by atoms with Gasteiger partial charge in [0.25, 0.3) is 0 Å². The summed E-state index contributed by atoms with van der Waals surface area (Å²) in [6, 6.07) is 6.98. The number of ether oxygens (including phenoxy) is 1. The molecule has 3 N–H and O–H groups in total. The minimum absolute atomic E-state index is 0.350. The van der Waals surface area contributed by atoms with Crippen LogP contribution in [-0.4, -0.2) is 28.2 Å². The van der Waals surface area contributed by atoms with E-state index in [0.29, 0.717) is 12.8 Å². The van der Waals surface area contributed by atoms with Crippen LogP contribution in [0.2, 0.25) is 0 Å². The second-order valence-electron chi connectivity index (χ2n) is 5.22. The topological polar surface area (TPSA) is 85.2 Å². The number of aromatic nitrogens is 1. The Balaban J connectivity index is 2.03. The Kier molecular flexibility index (Phi) is 5.63. The van der Waals surface area contributed by atoms with Crippen LogP contribution in [0.25, 0.3) is 10.9 Å². The zero-order valence-electron chi connectivity index (χ0n) is 12.4. The molecule has 0 spiro atoms. The van der Waals surface area contributed by atoms with E-state index in [4.69, 9.17) is 10.5 Å². The Bertz CT molecular complexity index is 668. The SMILES string of the molecule is CCCC(OC(=O)[C@@H](N)Cc1c[nH]c2ccccc12)C(=O)S. The summed E-state index contributed by atoms with van der Waals surface area (Å²) in [7, 11) is 0. The van der Waals surface area contributed by atoms with Crippen molar-refractivity contribution in [3.63, 3.8) is 0 Å². The van der Waals surface area contributed by atoms with Crippen LogP contribution >= 0.6 is 12.6 Å². The van der Waals surface area contributed by atoms with Gasteiger partial charge in [0, 0.05) is 23.5 Å². The number of carbonyl (C=O) groups is 2. The van der Waals surface area contributed by atoms with Crippen LogP contribution in [0.5, 0.6) is 0 Å². The largest absolute Gasteiger partial charge is 0.452 e. The lowest BCUT2D eigenvalue weighted by Crippen LogP contribution is -2.38. The number of aromatic amines is 1. The first kappa shape index (κ1) is 16.6. The van der Waals surface area contributed by atoms with Crippen molar-refractivity contribution in [2.75, 3.05) is 0 Å². The highest BCUT2D eigenvalue weighted by Crippen LogP contribution is 2.19. The molecule has 0 fully saturated rings. The molecule has 0 radical (unpaired) electrons. The zero-order valence-corrected chi connectivity index (χ0v) is 13.3. The lowest BCUT2D eigenvalue weighted by molar-refractivity contribution is -0.154. The maximum Gasteiger partial charge on any atom is 0.324 e. The summed E-state index contributed by atoms with van der Waals surface area (Å²) in [6.45, 7) is 1.91. The normalized spacial score (nSPS) is 13.8. The predicted octanol–water partition coefficient (Wildman–Crippen LogP) is 2.21. The molecule has 0 aliphatic carbocycles. The molecule has 2 rings (SSSR count). The number of thiol groups is 1. The van der Waals surface area contributed by atoms with E-state index in [1.807, 2.05) is 37.4 Å². The number of benzene rings is 1. The van der Waals surface area contributed by atoms with Crippen LogP contribution in [0.4, 0.5) is 0 Å². The lowest BCUT2D eigenvalue weighted by atomic mass is 10.1. The van der Waals surface area contributed by atoms with Gasteiger partial charge in [-0.15, -0.1) is 12.6 Å².